The smallest absolute Gasteiger partial charge is 0.209 e. The molecule has 1 aliphatic rings. The Hall–Kier alpha value is -1.94. The number of β-amino-alcohol motifs (C(OH)–C–C–N with tert-alkyl or cyclic N) is 1. The molecule has 2 aromatic rings. The molecular weight excluding hydrogens is 370 g/mol. The Kier molecular flexibility index (Phi) is 5.85. The quantitative estimate of drug-likeness (QED) is 0.719. The number of hydrogen-bond donors (Lipinski definition) is 2. The van der Waals surface area contributed by atoms with E-state index in [9.17, 15) is 13.5 Å². The second-order valence-corrected chi connectivity index (χ2v) is 8.77. The van der Waals surface area contributed by atoms with E-state index < -0.39 is 22.2 Å². The fourth-order valence-electron chi connectivity index (χ4n) is 3.20. The SMILES string of the molecule is Cc1noc(C)c1COc1ccc(CN2C[C@@H](O)[C@H](NS(C)(=O)=O)C2)cc1. The first-order valence-electron chi connectivity index (χ1n) is 8.72. The zero-order chi connectivity index (χ0) is 19.6. The van der Waals surface area contributed by atoms with Crippen molar-refractivity contribution in [2.24, 2.45) is 0 Å². The van der Waals surface area contributed by atoms with E-state index in [1.165, 1.54) is 0 Å². The molecule has 3 rings (SSSR count). The largest absolute Gasteiger partial charge is 0.489 e. The Labute approximate surface area is 159 Å². The number of aliphatic hydroxyl groups excluding tert-OH is 1. The molecule has 1 aliphatic heterocycles. The summed E-state index contributed by atoms with van der Waals surface area (Å²) in [5.74, 6) is 1.51. The molecule has 0 amide bonds. The third-order valence-electron chi connectivity index (χ3n) is 4.62. The van der Waals surface area contributed by atoms with E-state index in [1.807, 2.05) is 43.0 Å². The summed E-state index contributed by atoms with van der Waals surface area (Å²) >= 11 is 0. The van der Waals surface area contributed by atoms with Crippen molar-refractivity contribution in [3.8, 4) is 5.75 Å². The summed E-state index contributed by atoms with van der Waals surface area (Å²) in [7, 11) is -3.34. The summed E-state index contributed by atoms with van der Waals surface area (Å²) in [5.41, 5.74) is 2.84. The fraction of sp³-hybridized carbons (Fsp3) is 0.500. The van der Waals surface area contributed by atoms with Crippen molar-refractivity contribution in [2.45, 2.75) is 39.1 Å². The van der Waals surface area contributed by atoms with Gasteiger partial charge in [-0.2, -0.15) is 0 Å². The Morgan fingerprint density at radius 2 is 2.00 bits per heavy atom. The van der Waals surface area contributed by atoms with Gasteiger partial charge < -0.3 is 14.4 Å². The van der Waals surface area contributed by atoms with Gasteiger partial charge in [-0.1, -0.05) is 17.3 Å². The average molecular weight is 395 g/mol. The highest BCUT2D eigenvalue weighted by Crippen LogP contribution is 2.20. The number of hydrogen-bond acceptors (Lipinski definition) is 7. The number of sulfonamides is 1. The number of ether oxygens (including phenoxy) is 1. The van der Waals surface area contributed by atoms with Crippen LogP contribution < -0.4 is 9.46 Å². The Morgan fingerprint density at radius 1 is 1.30 bits per heavy atom. The number of nitrogens with zero attached hydrogens (tertiary/aromatic N) is 2. The maximum Gasteiger partial charge on any atom is 0.209 e. The van der Waals surface area contributed by atoms with Gasteiger partial charge in [0.25, 0.3) is 0 Å². The lowest BCUT2D eigenvalue weighted by molar-refractivity contribution is 0.160. The molecule has 2 atom stereocenters. The molecule has 9 heteroatoms. The van der Waals surface area contributed by atoms with E-state index in [-0.39, 0.29) is 0 Å². The van der Waals surface area contributed by atoms with Crippen molar-refractivity contribution in [1.29, 1.82) is 0 Å². The number of likely N-dealkylation sites (tertiary alicyclic amines) is 1. The van der Waals surface area contributed by atoms with Crippen LogP contribution in [0, 0.1) is 13.8 Å². The number of nitrogens with one attached hydrogen (secondary N) is 1. The van der Waals surface area contributed by atoms with Crippen LogP contribution in [0.25, 0.3) is 0 Å². The monoisotopic (exact) mass is 395 g/mol. The molecule has 1 saturated heterocycles. The highest BCUT2D eigenvalue weighted by Gasteiger charge is 2.32. The van der Waals surface area contributed by atoms with E-state index in [0.29, 0.717) is 26.2 Å². The maximum absolute atomic E-state index is 11.4. The standard InChI is InChI=1S/C18H25N3O5S/c1-12-16(13(2)26-19-12)11-25-15-6-4-14(5-7-15)8-21-9-17(18(22)10-21)20-27(3,23)24/h4-7,17-18,20,22H,8-11H2,1-3H3/t17-,18-/m1/s1. The summed E-state index contributed by atoms with van der Waals surface area (Å²) < 4.78 is 36.1. The molecule has 0 saturated carbocycles. The van der Waals surface area contributed by atoms with Crippen LogP contribution >= 0.6 is 0 Å². The number of aromatic nitrogens is 1. The van der Waals surface area contributed by atoms with Crippen LogP contribution in [0.4, 0.5) is 0 Å². The maximum atomic E-state index is 11.4. The predicted octanol–water partition coefficient (Wildman–Crippen LogP) is 0.965. The summed E-state index contributed by atoms with van der Waals surface area (Å²) in [6, 6.07) is 7.25. The van der Waals surface area contributed by atoms with Gasteiger partial charge in [0.15, 0.2) is 0 Å². The van der Waals surface area contributed by atoms with Gasteiger partial charge in [-0.3, -0.25) is 4.90 Å². The predicted molar refractivity (Wildman–Crippen MR) is 99.8 cm³/mol. The van der Waals surface area contributed by atoms with Crippen LogP contribution in [-0.4, -0.2) is 55.1 Å². The first-order valence-corrected chi connectivity index (χ1v) is 10.6. The minimum Gasteiger partial charge on any atom is -0.489 e. The van der Waals surface area contributed by atoms with Gasteiger partial charge in [-0.15, -0.1) is 0 Å². The summed E-state index contributed by atoms with van der Waals surface area (Å²) in [4.78, 5) is 2.02. The number of aliphatic hydroxyl groups is 1. The van der Waals surface area contributed by atoms with Crippen molar-refractivity contribution >= 4 is 10.0 Å². The number of aryl methyl sites for hydroxylation is 2. The molecule has 1 aromatic carbocycles. The minimum absolute atomic E-state index is 0.400. The fourth-order valence-corrected chi connectivity index (χ4v) is 3.98. The van der Waals surface area contributed by atoms with Crippen LogP contribution in [0.3, 0.4) is 0 Å². The molecule has 2 heterocycles. The average Bonchev–Trinajstić information content (AvgIpc) is 3.08. The van der Waals surface area contributed by atoms with Crippen molar-refractivity contribution < 1.29 is 22.8 Å². The molecule has 0 radical (unpaired) electrons. The molecule has 0 aliphatic carbocycles. The number of rotatable bonds is 7. The summed E-state index contributed by atoms with van der Waals surface area (Å²) in [5, 5.41) is 14.0. The molecule has 1 aromatic heterocycles. The molecule has 2 N–H and O–H groups in total. The summed E-state index contributed by atoms with van der Waals surface area (Å²) in [6.45, 7) is 5.67. The topological polar surface area (TPSA) is 105 Å². The molecule has 0 unspecified atom stereocenters. The molecule has 148 valence electrons. The van der Waals surface area contributed by atoms with E-state index in [4.69, 9.17) is 9.26 Å². The van der Waals surface area contributed by atoms with Gasteiger partial charge in [0, 0.05) is 19.6 Å². The minimum atomic E-state index is -3.34. The lowest BCUT2D eigenvalue weighted by Gasteiger charge is -2.16. The van der Waals surface area contributed by atoms with Gasteiger partial charge in [0.05, 0.1) is 29.7 Å². The number of benzene rings is 1. The molecule has 27 heavy (non-hydrogen) atoms. The van der Waals surface area contributed by atoms with Gasteiger partial charge in [-0.05, 0) is 31.5 Å². The van der Waals surface area contributed by atoms with Gasteiger partial charge >= 0.3 is 0 Å². The van der Waals surface area contributed by atoms with E-state index in [1.54, 1.807) is 0 Å². The first kappa shape index (κ1) is 19.8. The van der Waals surface area contributed by atoms with Crippen LogP contribution in [0.2, 0.25) is 0 Å². The van der Waals surface area contributed by atoms with Crippen LogP contribution in [0.1, 0.15) is 22.6 Å². The zero-order valence-corrected chi connectivity index (χ0v) is 16.5. The van der Waals surface area contributed by atoms with E-state index >= 15 is 0 Å². The third-order valence-corrected chi connectivity index (χ3v) is 5.35. The zero-order valence-electron chi connectivity index (χ0n) is 15.7. The van der Waals surface area contributed by atoms with Crippen molar-refractivity contribution in [2.75, 3.05) is 19.3 Å². The molecule has 8 nitrogen and oxygen atoms in total. The van der Waals surface area contributed by atoms with Crippen LogP contribution in [0.15, 0.2) is 28.8 Å². The van der Waals surface area contributed by atoms with Crippen LogP contribution in [-0.2, 0) is 23.2 Å². The van der Waals surface area contributed by atoms with Gasteiger partial charge in [0.2, 0.25) is 10.0 Å². The van der Waals surface area contributed by atoms with Crippen LogP contribution in [0.5, 0.6) is 5.75 Å². The third kappa shape index (κ3) is 5.29. The highest BCUT2D eigenvalue weighted by atomic mass is 32.2. The van der Waals surface area contributed by atoms with E-state index in [2.05, 4.69) is 9.88 Å². The lowest BCUT2D eigenvalue weighted by Crippen LogP contribution is -2.42. The Morgan fingerprint density at radius 3 is 2.59 bits per heavy atom. The molecule has 0 bridgehead atoms. The van der Waals surface area contributed by atoms with Crippen molar-refractivity contribution in [3.63, 3.8) is 0 Å². The Balaban J connectivity index is 1.54. The highest BCUT2D eigenvalue weighted by molar-refractivity contribution is 7.88. The molecule has 0 spiro atoms. The van der Waals surface area contributed by atoms with E-state index in [0.717, 1.165) is 34.6 Å². The lowest BCUT2D eigenvalue weighted by atomic mass is 10.2. The summed E-state index contributed by atoms with van der Waals surface area (Å²) in [6.07, 6.45) is 0.390. The first-order chi connectivity index (χ1) is 12.7. The second kappa shape index (κ2) is 7.97. The van der Waals surface area contributed by atoms with Crippen molar-refractivity contribution in [3.05, 3.63) is 46.8 Å². The molecule has 1 fully saturated rings. The van der Waals surface area contributed by atoms with Gasteiger partial charge in [-0.25, -0.2) is 13.1 Å². The molecular formula is C18H25N3O5S. The van der Waals surface area contributed by atoms with Gasteiger partial charge in [0.1, 0.15) is 18.1 Å². The van der Waals surface area contributed by atoms with Crippen molar-refractivity contribution in [1.82, 2.24) is 14.8 Å². The Bertz CT molecular complexity index is 859. The normalized spacial score (nSPS) is 20.9. The second-order valence-electron chi connectivity index (χ2n) is 6.99.